The van der Waals surface area contributed by atoms with E-state index in [4.69, 9.17) is 20.3 Å². The summed E-state index contributed by atoms with van der Waals surface area (Å²) in [6.45, 7) is 2.96. The maximum absolute atomic E-state index is 11.9. The van der Waals surface area contributed by atoms with Crippen molar-refractivity contribution in [2.24, 2.45) is 17.8 Å². The number of benzene rings is 1. The molecule has 0 saturated heterocycles. The summed E-state index contributed by atoms with van der Waals surface area (Å²) < 4.78 is 12.2. The number of hydrogen-bond donors (Lipinski definition) is 1. The monoisotopic (exact) mass is 355 g/mol. The number of nitrogen functional groups attached to an aromatic ring is 1. The summed E-state index contributed by atoms with van der Waals surface area (Å²) in [4.78, 5) is 11.9. The lowest BCUT2D eigenvalue weighted by atomic mass is 9.97. The third-order valence-corrected chi connectivity index (χ3v) is 5.74. The van der Waals surface area contributed by atoms with E-state index in [0.717, 1.165) is 29.8 Å². The quantitative estimate of drug-likeness (QED) is 0.806. The number of esters is 1. The number of aromatic nitrogens is 2. The smallest absolute Gasteiger partial charge is 0.309 e. The Balaban J connectivity index is 1.39. The fourth-order valence-corrected chi connectivity index (χ4v) is 4.35. The van der Waals surface area contributed by atoms with Gasteiger partial charge in [-0.05, 0) is 49.3 Å². The molecule has 2 aromatic rings. The highest BCUT2D eigenvalue weighted by molar-refractivity contribution is 5.77. The Labute approximate surface area is 153 Å². The summed E-state index contributed by atoms with van der Waals surface area (Å²) in [5.74, 6) is 2.94. The topological polar surface area (TPSA) is 79.4 Å². The number of methoxy groups -OCH3 is 1. The van der Waals surface area contributed by atoms with Gasteiger partial charge in [-0.25, -0.2) is 4.68 Å². The van der Waals surface area contributed by atoms with E-state index in [0.29, 0.717) is 36.7 Å². The average Bonchev–Trinajstić information content (AvgIpc) is 2.96. The predicted molar refractivity (Wildman–Crippen MR) is 97.8 cm³/mol. The molecule has 6 heteroatoms. The molecule has 2 saturated carbocycles. The summed E-state index contributed by atoms with van der Waals surface area (Å²) in [6, 6.07) is 9.91. The Bertz CT molecular complexity index is 787. The third-order valence-electron chi connectivity index (χ3n) is 5.74. The Hall–Kier alpha value is -2.50. The van der Waals surface area contributed by atoms with Crippen molar-refractivity contribution in [3.05, 3.63) is 41.6 Å². The van der Waals surface area contributed by atoms with E-state index >= 15 is 0 Å². The van der Waals surface area contributed by atoms with Crippen molar-refractivity contribution in [2.45, 2.75) is 32.2 Å². The van der Waals surface area contributed by atoms with Crippen molar-refractivity contribution in [2.75, 3.05) is 19.5 Å². The minimum absolute atomic E-state index is 0.0227. The zero-order valence-electron chi connectivity index (χ0n) is 15.2. The number of nitrogens with two attached hydrogens (primary N) is 1. The fraction of sp³-hybridized carbons (Fsp3) is 0.500. The molecule has 2 unspecified atom stereocenters. The van der Waals surface area contributed by atoms with Crippen LogP contribution in [0, 0.1) is 17.8 Å². The van der Waals surface area contributed by atoms with Crippen molar-refractivity contribution in [1.29, 1.82) is 0 Å². The van der Waals surface area contributed by atoms with E-state index in [1.54, 1.807) is 7.11 Å². The van der Waals surface area contributed by atoms with Crippen LogP contribution in [-0.4, -0.2) is 29.5 Å². The fourth-order valence-electron chi connectivity index (χ4n) is 4.35. The normalized spacial score (nSPS) is 26.4. The first kappa shape index (κ1) is 16.9. The first-order valence-electron chi connectivity index (χ1n) is 9.23. The van der Waals surface area contributed by atoms with Gasteiger partial charge in [0.15, 0.2) is 0 Å². The molecule has 0 bridgehead atoms. The molecule has 6 nitrogen and oxygen atoms in total. The zero-order valence-corrected chi connectivity index (χ0v) is 15.2. The molecule has 2 aliphatic rings. The number of carbonyl (C=O) groups is 1. The molecule has 1 aromatic carbocycles. The minimum Gasteiger partial charge on any atom is -0.497 e. The molecule has 0 spiro atoms. The molecular formula is C20H25N3O3. The number of nitrogens with zero attached hydrogens (tertiary/aromatic N) is 2. The van der Waals surface area contributed by atoms with E-state index in [1.807, 2.05) is 41.9 Å². The van der Waals surface area contributed by atoms with E-state index in [1.165, 1.54) is 0 Å². The highest BCUT2D eigenvalue weighted by atomic mass is 16.5. The Kier molecular flexibility index (Phi) is 4.34. The molecule has 1 heterocycles. The lowest BCUT2D eigenvalue weighted by Gasteiger charge is -2.11. The molecule has 0 amide bonds. The number of carbonyl (C=O) groups excluding carboxylic acids is 1. The predicted octanol–water partition coefficient (Wildman–Crippen LogP) is 2.82. The standard InChI is InChI=1S/C20H25N3O3/c1-3-26-20(24)19-15-8-13(9-16(15)19)17-10-18(21)23(22-17)11-12-4-6-14(25-2)7-5-12/h4-7,10,13,15-16,19H,3,8-9,11,21H2,1-2H3. The van der Waals surface area contributed by atoms with Crippen LogP contribution in [0.2, 0.25) is 0 Å². The molecule has 138 valence electrons. The second kappa shape index (κ2) is 6.67. The summed E-state index contributed by atoms with van der Waals surface area (Å²) >= 11 is 0. The van der Waals surface area contributed by atoms with Crippen LogP contribution < -0.4 is 10.5 Å². The van der Waals surface area contributed by atoms with Gasteiger partial charge in [0.25, 0.3) is 0 Å². The highest BCUT2D eigenvalue weighted by Crippen LogP contribution is 2.62. The minimum atomic E-state index is -0.0227. The molecular weight excluding hydrogens is 330 g/mol. The Morgan fingerprint density at radius 1 is 1.27 bits per heavy atom. The average molecular weight is 355 g/mol. The van der Waals surface area contributed by atoms with E-state index in [-0.39, 0.29) is 11.9 Å². The van der Waals surface area contributed by atoms with Crippen LogP contribution in [0.25, 0.3) is 0 Å². The van der Waals surface area contributed by atoms with Gasteiger partial charge in [0, 0.05) is 12.0 Å². The van der Waals surface area contributed by atoms with Gasteiger partial charge >= 0.3 is 5.97 Å². The number of rotatable bonds is 6. The first-order valence-corrected chi connectivity index (χ1v) is 9.23. The summed E-state index contributed by atoms with van der Waals surface area (Å²) in [5, 5.41) is 4.74. The second-order valence-corrected chi connectivity index (χ2v) is 7.27. The third kappa shape index (κ3) is 3.04. The maximum atomic E-state index is 11.9. The molecule has 0 aliphatic heterocycles. The van der Waals surface area contributed by atoms with E-state index < -0.39 is 0 Å². The van der Waals surface area contributed by atoms with Crippen molar-refractivity contribution >= 4 is 11.8 Å². The van der Waals surface area contributed by atoms with Crippen LogP contribution in [0.15, 0.2) is 30.3 Å². The van der Waals surface area contributed by atoms with Crippen LogP contribution in [-0.2, 0) is 16.1 Å². The Morgan fingerprint density at radius 3 is 2.58 bits per heavy atom. The van der Waals surface area contributed by atoms with Crippen LogP contribution in [0.1, 0.15) is 36.9 Å². The number of anilines is 1. The van der Waals surface area contributed by atoms with Gasteiger partial charge in [0.05, 0.1) is 31.9 Å². The molecule has 2 N–H and O–H groups in total. The second-order valence-electron chi connectivity index (χ2n) is 7.27. The lowest BCUT2D eigenvalue weighted by Crippen LogP contribution is -2.12. The molecule has 2 fully saturated rings. The first-order chi connectivity index (χ1) is 12.6. The van der Waals surface area contributed by atoms with Gasteiger partial charge in [-0.2, -0.15) is 5.10 Å². The summed E-state index contributed by atoms with van der Waals surface area (Å²) in [6.07, 6.45) is 2.01. The zero-order chi connectivity index (χ0) is 18.3. The molecule has 2 aliphatic carbocycles. The van der Waals surface area contributed by atoms with Gasteiger partial charge in [0.1, 0.15) is 11.6 Å². The number of ether oxygens (including phenoxy) is 2. The van der Waals surface area contributed by atoms with Crippen LogP contribution in [0.3, 0.4) is 0 Å². The summed E-state index contributed by atoms with van der Waals surface area (Å²) in [7, 11) is 1.66. The summed E-state index contributed by atoms with van der Waals surface area (Å²) in [5.41, 5.74) is 8.35. The largest absolute Gasteiger partial charge is 0.497 e. The van der Waals surface area contributed by atoms with Crippen molar-refractivity contribution in [1.82, 2.24) is 9.78 Å². The SMILES string of the molecule is CCOC(=O)C1C2CC(c3cc(N)n(Cc4ccc(OC)cc4)n3)CC21. The maximum Gasteiger partial charge on any atom is 0.309 e. The molecule has 4 rings (SSSR count). The van der Waals surface area contributed by atoms with Crippen LogP contribution >= 0.6 is 0 Å². The van der Waals surface area contributed by atoms with Gasteiger partial charge in [0.2, 0.25) is 0 Å². The van der Waals surface area contributed by atoms with Crippen LogP contribution in [0.4, 0.5) is 5.82 Å². The van der Waals surface area contributed by atoms with Gasteiger partial charge < -0.3 is 15.2 Å². The van der Waals surface area contributed by atoms with Gasteiger partial charge in [-0.1, -0.05) is 12.1 Å². The molecule has 0 radical (unpaired) electrons. The number of hydrogen-bond acceptors (Lipinski definition) is 5. The highest BCUT2D eigenvalue weighted by Gasteiger charge is 2.60. The van der Waals surface area contributed by atoms with E-state index in [2.05, 4.69) is 0 Å². The van der Waals surface area contributed by atoms with Crippen molar-refractivity contribution in [3.8, 4) is 5.75 Å². The van der Waals surface area contributed by atoms with Crippen molar-refractivity contribution < 1.29 is 14.3 Å². The van der Waals surface area contributed by atoms with E-state index in [9.17, 15) is 4.79 Å². The lowest BCUT2D eigenvalue weighted by molar-refractivity contribution is -0.145. The van der Waals surface area contributed by atoms with Gasteiger partial charge in [-0.15, -0.1) is 0 Å². The Morgan fingerprint density at radius 2 is 1.96 bits per heavy atom. The molecule has 2 atom stereocenters. The molecule has 26 heavy (non-hydrogen) atoms. The number of fused-ring (bicyclic) bond motifs is 1. The molecule has 1 aromatic heterocycles. The van der Waals surface area contributed by atoms with Gasteiger partial charge in [-0.3, -0.25) is 4.79 Å². The van der Waals surface area contributed by atoms with Crippen molar-refractivity contribution in [3.63, 3.8) is 0 Å². The van der Waals surface area contributed by atoms with Crippen LogP contribution in [0.5, 0.6) is 5.75 Å².